The molecule has 6 nitrogen and oxygen atoms in total. The Kier molecular flexibility index (Phi) is 4.76. The molecule has 0 radical (unpaired) electrons. The first-order valence-corrected chi connectivity index (χ1v) is 9.53. The van der Waals surface area contributed by atoms with Crippen LogP contribution in [0.1, 0.15) is 29.7 Å². The normalized spacial score (nSPS) is 18.5. The van der Waals surface area contributed by atoms with E-state index in [0.29, 0.717) is 31.2 Å². The minimum Gasteiger partial charge on any atom is -0.381 e. The summed E-state index contributed by atoms with van der Waals surface area (Å²) in [6.45, 7) is 5.57. The second-order valence-corrected chi connectivity index (χ2v) is 8.04. The fraction of sp³-hybridized carbons (Fsp3) is 0.471. The highest BCUT2D eigenvalue weighted by Gasteiger charge is 2.35. The van der Waals surface area contributed by atoms with Gasteiger partial charge in [-0.2, -0.15) is 9.40 Å². The van der Waals surface area contributed by atoms with E-state index in [2.05, 4.69) is 5.10 Å². The first kappa shape index (κ1) is 17.1. The third kappa shape index (κ3) is 3.11. The molecule has 1 aliphatic heterocycles. The summed E-state index contributed by atoms with van der Waals surface area (Å²) in [4.78, 5) is 0.368. The molecule has 0 aliphatic carbocycles. The van der Waals surface area contributed by atoms with Crippen LogP contribution in [0.4, 0.5) is 0 Å². The summed E-state index contributed by atoms with van der Waals surface area (Å²) in [6.07, 6.45) is 1.90. The number of ether oxygens (including phenoxy) is 1. The van der Waals surface area contributed by atoms with Crippen molar-refractivity contribution in [1.29, 1.82) is 0 Å². The predicted molar refractivity (Wildman–Crippen MR) is 91.2 cm³/mol. The molecule has 7 heteroatoms. The predicted octanol–water partition coefficient (Wildman–Crippen LogP) is 2.05. The molecular weight excluding hydrogens is 326 g/mol. The fourth-order valence-corrected chi connectivity index (χ4v) is 4.86. The molecule has 24 heavy (non-hydrogen) atoms. The molecule has 0 bridgehead atoms. The van der Waals surface area contributed by atoms with Crippen LogP contribution in [0.5, 0.6) is 0 Å². The van der Waals surface area contributed by atoms with Crippen molar-refractivity contribution in [3.63, 3.8) is 0 Å². The lowest BCUT2D eigenvalue weighted by atomic mass is 9.99. The molecule has 1 aromatic heterocycles. The molecule has 2 heterocycles. The van der Waals surface area contributed by atoms with Gasteiger partial charge in [0.2, 0.25) is 10.0 Å². The molecule has 0 N–H and O–H groups in total. The maximum Gasteiger partial charge on any atom is 0.243 e. The molecule has 130 valence electrons. The van der Waals surface area contributed by atoms with Crippen molar-refractivity contribution in [3.8, 4) is 0 Å². The van der Waals surface area contributed by atoms with E-state index in [1.54, 1.807) is 21.1 Å². The van der Waals surface area contributed by atoms with Gasteiger partial charge < -0.3 is 4.74 Å². The maximum absolute atomic E-state index is 13.1. The van der Waals surface area contributed by atoms with Gasteiger partial charge in [-0.1, -0.05) is 18.2 Å². The fourth-order valence-electron chi connectivity index (χ4n) is 3.17. The first-order valence-electron chi connectivity index (χ1n) is 8.09. The monoisotopic (exact) mass is 349 g/mol. The Morgan fingerprint density at radius 1 is 1.33 bits per heavy atom. The SMILES string of the molecule is CCOCC1CN(S(=O)(=O)c2ccccc2C)Cc2cn(C)nc21. The highest BCUT2D eigenvalue weighted by atomic mass is 32.2. The molecule has 3 rings (SSSR count). The summed E-state index contributed by atoms with van der Waals surface area (Å²) in [5, 5.41) is 4.51. The molecule has 0 spiro atoms. The molecule has 1 aliphatic rings. The number of benzene rings is 1. The highest BCUT2D eigenvalue weighted by molar-refractivity contribution is 7.89. The largest absolute Gasteiger partial charge is 0.381 e. The van der Waals surface area contributed by atoms with Crippen molar-refractivity contribution in [2.75, 3.05) is 19.8 Å². The zero-order chi connectivity index (χ0) is 17.3. The van der Waals surface area contributed by atoms with E-state index in [1.165, 1.54) is 0 Å². The van der Waals surface area contributed by atoms with E-state index >= 15 is 0 Å². The van der Waals surface area contributed by atoms with Crippen LogP contribution in [0, 0.1) is 6.92 Å². The van der Waals surface area contributed by atoms with E-state index in [1.807, 2.05) is 39.2 Å². The second kappa shape index (κ2) is 6.66. The molecule has 1 aromatic carbocycles. The second-order valence-electron chi connectivity index (χ2n) is 6.13. The number of fused-ring (bicyclic) bond motifs is 1. The van der Waals surface area contributed by atoms with E-state index < -0.39 is 10.0 Å². The van der Waals surface area contributed by atoms with Gasteiger partial charge in [-0.05, 0) is 25.5 Å². The number of aromatic nitrogens is 2. The molecule has 0 saturated carbocycles. The van der Waals surface area contributed by atoms with Crippen molar-refractivity contribution in [2.24, 2.45) is 7.05 Å². The van der Waals surface area contributed by atoms with E-state index in [4.69, 9.17) is 4.74 Å². The Bertz CT molecular complexity index is 829. The van der Waals surface area contributed by atoms with Gasteiger partial charge in [0, 0.05) is 44.4 Å². The van der Waals surface area contributed by atoms with Crippen LogP contribution in [0.25, 0.3) is 0 Å². The van der Waals surface area contributed by atoms with Crippen molar-refractivity contribution < 1.29 is 13.2 Å². The third-order valence-electron chi connectivity index (χ3n) is 4.33. The zero-order valence-corrected chi connectivity index (χ0v) is 15.1. The van der Waals surface area contributed by atoms with Crippen molar-refractivity contribution in [3.05, 3.63) is 47.3 Å². The van der Waals surface area contributed by atoms with Crippen molar-refractivity contribution in [1.82, 2.24) is 14.1 Å². The smallest absolute Gasteiger partial charge is 0.243 e. The zero-order valence-electron chi connectivity index (χ0n) is 14.3. The number of aryl methyl sites for hydroxylation is 2. The van der Waals surface area contributed by atoms with Gasteiger partial charge in [-0.15, -0.1) is 0 Å². The van der Waals surface area contributed by atoms with Crippen LogP contribution in [0.15, 0.2) is 35.4 Å². The van der Waals surface area contributed by atoms with E-state index in [9.17, 15) is 8.42 Å². The third-order valence-corrected chi connectivity index (χ3v) is 6.30. The summed E-state index contributed by atoms with van der Waals surface area (Å²) in [5.41, 5.74) is 2.66. The standard InChI is InChI=1S/C17H23N3O3S/c1-4-23-12-15-11-20(10-14-9-19(3)18-17(14)15)24(21,22)16-8-6-5-7-13(16)2/h5-9,15H,4,10-12H2,1-3H3. The van der Waals surface area contributed by atoms with Gasteiger partial charge in [0.15, 0.2) is 0 Å². The van der Waals surface area contributed by atoms with Crippen LogP contribution in [-0.4, -0.2) is 42.3 Å². The molecule has 1 atom stereocenters. The maximum atomic E-state index is 13.1. The molecule has 0 fully saturated rings. The van der Waals surface area contributed by atoms with Gasteiger partial charge in [-0.3, -0.25) is 4.68 Å². The van der Waals surface area contributed by atoms with Crippen LogP contribution >= 0.6 is 0 Å². The summed E-state index contributed by atoms with van der Waals surface area (Å²) < 4.78 is 35.1. The Morgan fingerprint density at radius 3 is 2.79 bits per heavy atom. The summed E-state index contributed by atoms with van der Waals surface area (Å²) in [7, 11) is -1.69. The minimum atomic E-state index is -3.54. The van der Waals surface area contributed by atoms with Crippen molar-refractivity contribution in [2.45, 2.75) is 31.2 Å². The molecule has 2 aromatic rings. The Hall–Kier alpha value is -1.70. The number of hydrogen-bond acceptors (Lipinski definition) is 4. The van der Waals surface area contributed by atoms with E-state index in [0.717, 1.165) is 16.8 Å². The van der Waals surface area contributed by atoms with Crippen LogP contribution in [0.3, 0.4) is 0 Å². The van der Waals surface area contributed by atoms with Gasteiger partial charge in [-0.25, -0.2) is 8.42 Å². The molecule has 0 saturated heterocycles. The Morgan fingerprint density at radius 2 is 2.08 bits per heavy atom. The summed E-state index contributed by atoms with van der Waals surface area (Å²) in [5.74, 6) is -0.0475. The lowest BCUT2D eigenvalue weighted by Crippen LogP contribution is -2.39. The van der Waals surface area contributed by atoms with Gasteiger partial charge in [0.25, 0.3) is 0 Å². The lowest BCUT2D eigenvalue weighted by molar-refractivity contribution is 0.120. The summed E-state index contributed by atoms with van der Waals surface area (Å²) >= 11 is 0. The van der Waals surface area contributed by atoms with Gasteiger partial charge >= 0.3 is 0 Å². The number of hydrogen-bond donors (Lipinski definition) is 0. The Balaban J connectivity index is 1.96. The summed E-state index contributed by atoms with van der Waals surface area (Å²) in [6, 6.07) is 7.10. The van der Waals surface area contributed by atoms with Crippen LogP contribution < -0.4 is 0 Å². The molecular formula is C17H23N3O3S. The molecule has 0 amide bonds. The number of nitrogens with zero attached hydrogens (tertiary/aromatic N) is 3. The van der Waals surface area contributed by atoms with Gasteiger partial charge in [0.05, 0.1) is 17.2 Å². The average Bonchev–Trinajstić information content (AvgIpc) is 2.93. The number of sulfonamides is 1. The average molecular weight is 349 g/mol. The van der Waals surface area contributed by atoms with E-state index in [-0.39, 0.29) is 5.92 Å². The quantitative estimate of drug-likeness (QED) is 0.829. The van der Waals surface area contributed by atoms with Gasteiger partial charge in [0.1, 0.15) is 0 Å². The lowest BCUT2D eigenvalue weighted by Gasteiger charge is -2.31. The minimum absolute atomic E-state index is 0.0475. The number of rotatable bonds is 5. The van der Waals surface area contributed by atoms with Crippen LogP contribution in [-0.2, 0) is 28.4 Å². The van der Waals surface area contributed by atoms with Crippen LogP contribution in [0.2, 0.25) is 0 Å². The molecule has 1 unspecified atom stereocenters. The topological polar surface area (TPSA) is 64.4 Å². The van der Waals surface area contributed by atoms with Crippen molar-refractivity contribution >= 4 is 10.0 Å². The highest BCUT2D eigenvalue weighted by Crippen LogP contribution is 2.31. The Labute approximate surface area is 143 Å². The first-order chi connectivity index (χ1) is 11.4.